The molecule has 4 heteroatoms. The zero-order chi connectivity index (χ0) is 12.6. The standard InChI is InChI=1S/C14H18FNO2/c15-11-5-10-7-17-9-18-13(10)12(6-11)14(8-16)3-1-2-4-14/h5-6H,1-4,7-9,16H2. The number of fused-ring (bicyclic) bond motifs is 1. The van der Waals surface area contributed by atoms with Gasteiger partial charge < -0.3 is 15.2 Å². The summed E-state index contributed by atoms with van der Waals surface area (Å²) in [5, 5.41) is 0. The van der Waals surface area contributed by atoms with Crippen LogP contribution in [0, 0.1) is 5.82 Å². The highest BCUT2D eigenvalue weighted by Crippen LogP contribution is 2.46. The largest absolute Gasteiger partial charge is 0.467 e. The van der Waals surface area contributed by atoms with E-state index in [1.165, 1.54) is 6.07 Å². The van der Waals surface area contributed by atoms with Gasteiger partial charge >= 0.3 is 0 Å². The van der Waals surface area contributed by atoms with E-state index in [2.05, 4.69) is 0 Å². The molecule has 0 spiro atoms. The smallest absolute Gasteiger partial charge is 0.189 e. The molecule has 0 unspecified atom stereocenters. The Hall–Kier alpha value is -1.13. The predicted molar refractivity (Wildman–Crippen MR) is 65.9 cm³/mol. The van der Waals surface area contributed by atoms with Gasteiger partial charge in [-0.2, -0.15) is 0 Å². The summed E-state index contributed by atoms with van der Waals surface area (Å²) >= 11 is 0. The van der Waals surface area contributed by atoms with Crippen molar-refractivity contribution < 1.29 is 13.9 Å². The van der Waals surface area contributed by atoms with E-state index in [9.17, 15) is 4.39 Å². The molecule has 0 atom stereocenters. The average Bonchev–Trinajstić information content (AvgIpc) is 2.87. The molecule has 2 N–H and O–H groups in total. The van der Waals surface area contributed by atoms with Gasteiger partial charge in [-0.1, -0.05) is 12.8 Å². The summed E-state index contributed by atoms with van der Waals surface area (Å²) in [5.41, 5.74) is 7.61. The number of halogens is 1. The van der Waals surface area contributed by atoms with Crippen LogP contribution in [0.4, 0.5) is 4.39 Å². The minimum Gasteiger partial charge on any atom is -0.467 e. The first kappa shape index (κ1) is 11.9. The van der Waals surface area contributed by atoms with Crippen LogP contribution in [-0.4, -0.2) is 13.3 Å². The van der Waals surface area contributed by atoms with Crippen molar-refractivity contribution in [3.8, 4) is 5.75 Å². The molecule has 3 rings (SSSR count). The normalized spacial score (nSPS) is 21.4. The van der Waals surface area contributed by atoms with Gasteiger partial charge in [-0.15, -0.1) is 0 Å². The maximum Gasteiger partial charge on any atom is 0.189 e. The summed E-state index contributed by atoms with van der Waals surface area (Å²) in [6.07, 6.45) is 4.34. The fraction of sp³-hybridized carbons (Fsp3) is 0.571. The fourth-order valence-electron chi connectivity index (χ4n) is 3.21. The van der Waals surface area contributed by atoms with Crippen molar-refractivity contribution in [1.29, 1.82) is 0 Å². The third-order valence-electron chi connectivity index (χ3n) is 4.20. The van der Waals surface area contributed by atoms with Gasteiger partial charge in [-0.05, 0) is 25.0 Å². The van der Waals surface area contributed by atoms with Crippen molar-refractivity contribution in [2.75, 3.05) is 13.3 Å². The Bertz CT molecular complexity index is 455. The quantitative estimate of drug-likeness (QED) is 0.878. The molecule has 98 valence electrons. The monoisotopic (exact) mass is 251 g/mol. The lowest BCUT2D eigenvalue weighted by atomic mass is 9.77. The maximum absolute atomic E-state index is 13.8. The summed E-state index contributed by atoms with van der Waals surface area (Å²) in [7, 11) is 0. The van der Waals surface area contributed by atoms with E-state index in [4.69, 9.17) is 15.2 Å². The van der Waals surface area contributed by atoms with Gasteiger partial charge in [0.25, 0.3) is 0 Å². The maximum atomic E-state index is 13.8. The van der Waals surface area contributed by atoms with Crippen LogP contribution in [0.5, 0.6) is 5.75 Å². The lowest BCUT2D eigenvalue weighted by molar-refractivity contribution is -0.0180. The Kier molecular flexibility index (Phi) is 2.99. The number of nitrogens with two attached hydrogens (primary N) is 1. The van der Waals surface area contributed by atoms with Gasteiger partial charge in [0.2, 0.25) is 0 Å². The average molecular weight is 251 g/mol. The molecule has 18 heavy (non-hydrogen) atoms. The van der Waals surface area contributed by atoms with Crippen LogP contribution in [-0.2, 0) is 16.8 Å². The lowest BCUT2D eigenvalue weighted by Crippen LogP contribution is -2.33. The third-order valence-corrected chi connectivity index (χ3v) is 4.20. The molecule has 0 saturated heterocycles. The van der Waals surface area contributed by atoms with E-state index >= 15 is 0 Å². The molecular weight excluding hydrogens is 233 g/mol. The van der Waals surface area contributed by atoms with Crippen LogP contribution < -0.4 is 10.5 Å². The minimum absolute atomic E-state index is 0.108. The molecule has 0 radical (unpaired) electrons. The molecule has 1 aromatic rings. The predicted octanol–water partition coefficient (Wildman–Crippen LogP) is 2.46. The van der Waals surface area contributed by atoms with Crippen LogP contribution in [0.25, 0.3) is 0 Å². The van der Waals surface area contributed by atoms with Crippen LogP contribution in [0.2, 0.25) is 0 Å². The molecular formula is C14H18FNO2. The number of hydrogen-bond acceptors (Lipinski definition) is 3. The first-order valence-corrected chi connectivity index (χ1v) is 6.49. The van der Waals surface area contributed by atoms with Crippen LogP contribution in [0.3, 0.4) is 0 Å². The Labute approximate surface area is 106 Å². The Balaban J connectivity index is 2.12. The van der Waals surface area contributed by atoms with E-state index in [0.717, 1.165) is 42.6 Å². The van der Waals surface area contributed by atoms with Crippen molar-refractivity contribution in [2.45, 2.75) is 37.7 Å². The van der Waals surface area contributed by atoms with Gasteiger partial charge in [0, 0.05) is 23.1 Å². The molecule has 3 nitrogen and oxygen atoms in total. The van der Waals surface area contributed by atoms with E-state index in [0.29, 0.717) is 13.2 Å². The number of benzene rings is 1. The van der Waals surface area contributed by atoms with E-state index in [-0.39, 0.29) is 18.0 Å². The Morgan fingerprint density at radius 1 is 1.28 bits per heavy atom. The highest BCUT2D eigenvalue weighted by atomic mass is 19.1. The molecule has 0 aromatic heterocycles. The molecule has 1 aromatic carbocycles. The first-order chi connectivity index (χ1) is 8.75. The van der Waals surface area contributed by atoms with Crippen molar-refractivity contribution in [1.82, 2.24) is 0 Å². The van der Waals surface area contributed by atoms with Crippen LogP contribution in [0.1, 0.15) is 36.8 Å². The number of hydrogen-bond donors (Lipinski definition) is 1. The topological polar surface area (TPSA) is 44.5 Å². The highest BCUT2D eigenvalue weighted by Gasteiger charge is 2.38. The van der Waals surface area contributed by atoms with Gasteiger partial charge in [0.15, 0.2) is 6.79 Å². The van der Waals surface area contributed by atoms with Gasteiger partial charge in [-0.3, -0.25) is 0 Å². The zero-order valence-electron chi connectivity index (χ0n) is 10.4. The molecule has 1 heterocycles. The summed E-state index contributed by atoms with van der Waals surface area (Å²) in [4.78, 5) is 0. The van der Waals surface area contributed by atoms with Crippen molar-refractivity contribution in [3.05, 3.63) is 29.1 Å². The van der Waals surface area contributed by atoms with E-state index in [1.54, 1.807) is 6.07 Å². The van der Waals surface area contributed by atoms with Crippen LogP contribution in [0.15, 0.2) is 12.1 Å². The zero-order valence-corrected chi connectivity index (χ0v) is 10.4. The molecule has 1 fully saturated rings. The molecule has 0 amide bonds. The fourth-order valence-corrected chi connectivity index (χ4v) is 3.21. The molecule has 1 aliphatic carbocycles. The first-order valence-electron chi connectivity index (χ1n) is 6.49. The van der Waals surface area contributed by atoms with Gasteiger partial charge in [0.1, 0.15) is 11.6 Å². The van der Waals surface area contributed by atoms with Gasteiger partial charge in [0.05, 0.1) is 6.61 Å². The number of rotatable bonds is 2. The van der Waals surface area contributed by atoms with E-state index in [1.807, 2.05) is 0 Å². The molecule has 1 aliphatic heterocycles. The Morgan fingerprint density at radius 2 is 2.06 bits per heavy atom. The second kappa shape index (κ2) is 4.52. The summed E-state index contributed by atoms with van der Waals surface area (Å²) in [6, 6.07) is 3.10. The van der Waals surface area contributed by atoms with Crippen LogP contribution >= 0.6 is 0 Å². The van der Waals surface area contributed by atoms with Gasteiger partial charge in [-0.25, -0.2) is 4.39 Å². The Morgan fingerprint density at radius 3 is 2.78 bits per heavy atom. The lowest BCUT2D eigenvalue weighted by Gasteiger charge is -2.32. The van der Waals surface area contributed by atoms with Crippen molar-refractivity contribution in [2.24, 2.45) is 5.73 Å². The second-order valence-electron chi connectivity index (χ2n) is 5.24. The molecule has 0 bridgehead atoms. The summed E-state index contributed by atoms with van der Waals surface area (Å²) in [5.74, 6) is 0.576. The van der Waals surface area contributed by atoms with Crippen molar-refractivity contribution >= 4 is 0 Å². The molecule has 2 aliphatic rings. The van der Waals surface area contributed by atoms with E-state index < -0.39 is 0 Å². The summed E-state index contributed by atoms with van der Waals surface area (Å²) in [6.45, 7) is 1.21. The summed E-state index contributed by atoms with van der Waals surface area (Å²) < 4.78 is 24.6. The minimum atomic E-state index is -0.224. The molecule has 1 saturated carbocycles. The third kappa shape index (κ3) is 1.80. The van der Waals surface area contributed by atoms with Crippen molar-refractivity contribution in [3.63, 3.8) is 0 Å². The number of ether oxygens (including phenoxy) is 2. The SMILES string of the molecule is NCC1(c2cc(F)cc3c2OCOC3)CCCC1. The second-order valence-corrected chi connectivity index (χ2v) is 5.24. The highest BCUT2D eigenvalue weighted by molar-refractivity contribution is 5.47.